The first kappa shape index (κ1) is 21.5. The molecule has 0 fully saturated rings. The summed E-state index contributed by atoms with van der Waals surface area (Å²) in [4.78, 5) is 23.5. The molecule has 0 spiro atoms. The molecule has 6 heteroatoms. The molecule has 0 saturated heterocycles. The largest absolute Gasteiger partial charge is 0.475 e. The van der Waals surface area contributed by atoms with Crippen LogP contribution < -0.4 is 9.64 Å². The Hall–Kier alpha value is -3.25. The van der Waals surface area contributed by atoms with Crippen LogP contribution in [-0.2, 0) is 11.3 Å². The molecule has 1 aromatic carbocycles. The van der Waals surface area contributed by atoms with E-state index in [0.717, 1.165) is 5.56 Å². The van der Waals surface area contributed by atoms with Gasteiger partial charge in [0.1, 0.15) is 12.4 Å². The number of ether oxygens (including phenoxy) is 2. The molecule has 0 bridgehead atoms. The summed E-state index contributed by atoms with van der Waals surface area (Å²) < 4.78 is 11.2. The van der Waals surface area contributed by atoms with E-state index in [0.29, 0.717) is 37.0 Å². The van der Waals surface area contributed by atoms with Gasteiger partial charge in [-0.15, -0.1) is 0 Å². The second kappa shape index (κ2) is 9.98. The minimum atomic E-state index is -0.208. The Labute approximate surface area is 177 Å². The second-order valence-electron chi connectivity index (χ2n) is 7.76. The summed E-state index contributed by atoms with van der Waals surface area (Å²) in [5.74, 6) is 0.871. The van der Waals surface area contributed by atoms with E-state index in [1.54, 1.807) is 23.2 Å². The summed E-state index contributed by atoms with van der Waals surface area (Å²) in [6.07, 6.45) is 3.21. The third-order valence-corrected chi connectivity index (χ3v) is 4.21. The molecular weight excluding hydrogens is 378 g/mol. The van der Waals surface area contributed by atoms with Crippen molar-refractivity contribution in [2.45, 2.75) is 32.9 Å². The van der Waals surface area contributed by atoms with E-state index in [9.17, 15) is 4.79 Å². The second-order valence-corrected chi connectivity index (χ2v) is 7.76. The summed E-state index contributed by atoms with van der Waals surface area (Å²) in [6, 6.07) is 18.7. The summed E-state index contributed by atoms with van der Waals surface area (Å²) in [5.41, 5.74) is 1.28. The average molecular weight is 405 g/mol. The van der Waals surface area contributed by atoms with Gasteiger partial charge in [-0.2, -0.15) is 0 Å². The number of rotatable bonds is 8. The number of pyridine rings is 2. The van der Waals surface area contributed by atoms with E-state index in [-0.39, 0.29) is 11.5 Å². The molecule has 3 rings (SSSR count). The summed E-state index contributed by atoms with van der Waals surface area (Å²) in [5, 5.41) is 0. The molecule has 6 nitrogen and oxygen atoms in total. The van der Waals surface area contributed by atoms with Crippen molar-refractivity contribution >= 4 is 11.7 Å². The van der Waals surface area contributed by atoms with Crippen molar-refractivity contribution in [1.82, 2.24) is 9.97 Å². The first-order chi connectivity index (χ1) is 14.4. The lowest BCUT2D eigenvalue weighted by Crippen LogP contribution is -2.31. The summed E-state index contributed by atoms with van der Waals surface area (Å²) in [7, 11) is 0. The molecular formula is C24H27N3O3. The third kappa shape index (κ3) is 6.39. The number of hydrogen-bond acceptors (Lipinski definition) is 5. The van der Waals surface area contributed by atoms with Crippen LogP contribution in [0.2, 0.25) is 0 Å². The minimum Gasteiger partial charge on any atom is -0.475 e. The predicted molar refractivity (Wildman–Crippen MR) is 117 cm³/mol. The molecule has 0 aliphatic heterocycles. The van der Waals surface area contributed by atoms with Gasteiger partial charge in [-0.1, -0.05) is 36.4 Å². The maximum Gasteiger partial charge on any atom is 0.261 e. The lowest BCUT2D eigenvalue weighted by molar-refractivity contribution is -0.0168. The highest BCUT2D eigenvalue weighted by atomic mass is 16.5. The zero-order valence-electron chi connectivity index (χ0n) is 17.6. The molecule has 0 unspecified atom stereocenters. The van der Waals surface area contributed by atoms with Crippen molar-refractivity contribution in [2.75, 3.05) is 18.1 Å². The van der Waals surface area contributed by atoms with Crippen molar-refractivity contribution in [1.29, 1.82) is 0 Å². The van der Waals surface area contributed by atoms with Gasteiger partial charge in [-0.25, -0.2) is 9.97 Å². The van der Waals surface area contributed by atoms with Gasteiger partial charge < -0.3 is 9.47 Å². The number of anilines is 1. The number of carbonyl (C=O) groups is 1. The summed E-state index contributed by atoms with van der Waals surface area (Å²) >= 11 is 0. The lowest BCUT2D eigenvalue weighted by Gasteiger charge is -2.22. The van der Waals surface area contributed by atoms with Crippen LogP contribution in [0.25, 0.3) is 0 Å². The van der Waals surface area contributed by atoms with Crippen molar-refractivity contribution in [3.8, 4) is 5.88 Å². The van der Waals surface area contributed by atoms with Crippen LogP contribution in [0, 0.1) is 0 Å². The van der Waals surface area contributed by atoms with Gasteiger partial charge in [0.05, 0.1) is 24.3 Å². The van der Waals surface area contributed by atoms with E-state index in [2.05, 4.69) is 9.97 Å². The molecule has 0 aliphatic rings. The topological polar surface area (TPSA) is 64.6 Å². The van der Waals surface area contributed by atoms with E-state index >= 15 is 0 Å². The number of aromatic nitrogens is 2. The molecule has 30 heavy (non-hydrogen) atoms. The number of amides is 1. The van der Waals surface area contributed by atoms with Crippen LogP contribution in [0.15, 0.2) is 73.1 Å². The average Bonchev–Trinajstić information content (AvgIpc) is 2.76. The minimum absolute atomic E-state index is 0.173. The van der Waals surface area contributed by atoms with Crippen molar-refractivity contribution in [3.63, 3.8) is 0 Å². The van der Waals surface area contributed by atoms with Gasteiger partial charge in [-0.3, -0.25) is 9.69 Å². The van der Waals surface area contributed by atoms with Gasteiger partial charge >= 0.3 is 0 Å². The fourth-order valence-electron chi connectivity index (χ4n) is 2.78. The van der Waals surface area contributed by atoms with Gasteiger partial charge in [0.15, 0.2) is 0 Å². The van der Waals surface area contributed by atoms with Crippen molar-refractivity contribution in [3.05, 3.63) is 84.2 Å². The van der Waals surface area contributed by atoms with Gasteiger partial charge in [0.2, 0.25) is 5.88 Å². The van der Waals surface area contributed by atoms with Crippen LogP contribution in [-0.4, -0.2) is 34.7 Å². The van der Waals surface area contributed by atoms with Crippen LogP contribution in [0.5, 0.6) is 5.88 Å². The Morgan fingerprint density at radius 2 is 1.70 bits per heavy atom. The normalized spacial score (nSPS) is 11.2. The molecule has 0 N–H and O–H groups in total. The van der Waals surface area contributed by atoms with E-state index in [1.165, 1.54) is 6.20 Å². The molecule has 0 atom stereocenters. The Balaban J connectivity index is 1.70. The third-order valence-electron chi connectivity index (χ3n) is 4.21. The van der Waals surface area contributed by atoms with Crippen LogP contribution in [0.1, 0.15) is 36.7 Å². The van der Waals surface area contributed by atoms with Crippen molar-refractivity contribution in [2.24, 2.45) is 0 Å². The summed E-state index contributed by atoms with van der Waals surface area (Å²) in [6.45, 7) is 7.26. The molecule has 3 aromatic rings. The Bertz CT molecular complexity index is 923. The highest BCUT2D eigenvalue weighted by Crippen LogP contribution is 2.18. The highest BCUT2D eigenvalue weighted by Gasteiger charge is 2.19. The Kier molecular flexibility index (Phi) is 7.14. The molecule has 0 aliphatic carbocycles. The highest BCUT2D eigenvalue weighted by molar-refractivity contribution is 6.05. The van der Waals surface area contributed by atoms with E-state index < -0.39 is 0 Å². The SMILES string of the molecule is CC(C)(C)OCCOc1ccc(C(=O)N(Cc2ccccc2)c2ccccn2)cn1. The van der Waals surface area contributed by atoms with Gasteiger partial charge in [0.25, 0.3) is 5.91 Å². The Morgan fingerprint density at radius 3 is 2.33 bits per heavy atom. The lowest BCUT2D eigenvalue weighted by atomic mass is 10.2. The molecule has 2 heterocycles. The van der Waals surface area contributed by atoms with E-state index in [1.807, 2.05) is 69.3 Å². The van der Waals surface area contributed by atoms with Crippen LogP contribution >= 0.6 is 0 Å². The first-order valence-corrected chi connectivity index (χ1v) is 9.92. The molecule has 1 amide bonds. The molecule has 0 radical (unpaired) electrons. The zero-order chi connectivity index (χ0) is 21.4. The quantitative estimate of drug-likeness (QED) is 0.516. The fourth-order valence-corrected chi connectivity index (χ4v) is 2.78. The number of carbonyl (C=O) groups excluding carboxylic acids is 1. The first-order valence-electron chi connectivity index (χ1n) is 9.92. The number of hydrogen-bond donors (Lipinski definition) is 0. The number of benzene rings is 1. The molecule has 0 saturated carbocycles. The van der Waals surface area contributed by atoms with Crippen LogP contribution in [0.4, 0.5) is 5.82 Å². The van der Waals surface area contributed by atoms with Crippen LogP contribution in [0.3, 0.4) is 0 Å². The number of nitrogens with zero attached hydrogens (tertiary/aromatic N) is 3. The predicted octanol–water partition coefficient (Wildman–Crippen LogP) is 4.52. The molecule has 156 valence electrons. The van der Waals surface area contributed by atoms with Gasteiger partial charge in [-0.05, 0) is 44.5 Å². The zero-order valence-corrected chi connectivity index (χ0v) is 17.6. The smallest absolute Gasteiger partial charge is 0.261 e. The van der Waals surface area contributed by atoms with E-state index in [4.69, 9.17) is 9.47 Å². The fraction of sp³-hybridized carbons (Fsp3) is 0.292. The van der Waals surface area contributed by atoms with Gasteiger partial charge in [0, 0.05) is 18.5 Å². The maximum atomic E-state index is 13.2. The monoisotopic (exact) mass is 405 g/mol. The Morgan fingerprint density at radius 1 is 0.933 bits per heavy atom. The molecule has 2 aromatic heterocycles. The maximum absolute atomic E-state index is 13.2. The standard InChI is InChI=1S/C24H27N3O3/c1-24(2,3)30-16-15-29-22-13-12-20(17-26-22)23(28)27(21-11-7-8-14-25-21)18-19-9-5-4-6-10-19/h4-14,17H,15-16,18H2,1-3H3. The van der Waals surface area contributed by atoms with Crippen molar-refractivity contribution < 1.29 is 14.3 Å².